The molecule has 3 heteroatoms. The van der Waals surface area contributed by atoms with E-state index in [4.69, 9.17) is 0 Å². The van der Waals surface area contributed by atoms with Crippen LogP contribution in [0.15, 0.2) is 53.8 Å². The third kappa shape index (κ3) is 3.04. The molecule has 1 aliphatic rings. The van der Waals surface area contributed by atoms with Gasteiger partial charge in [0.25, 0.3) is 0 Å². The van der Waals surface area contributed by atoms with E-state index in [9.17, 15) is 0 Å². The molecule has 0 amide bonds. The summed E-state index contributed by atoms with van der Waals surface area (Å²) in [5.74, 6) is 6.21. The molecule has 0 saturated heterocycles. The van der Waals surface area contributed by atoms with Gasteiger partial charge in [-0.2, -0.15) is 5.10 Å². The highest BCUT2D eigenvalue weighted by Crippen LogP contribution is 2.14. The third-order valence-corrected chi connectivity index (χ3v) is 3.14. The standard InChI is InChI=1S/C17H15N3/c1-2-8-16-14-20(19-13-15(16)7-1)12-6-4-10-17-9-3-5-11-18-17/h1-3,5,7-9,11,13H,6,12,14H2. The second kappa shape index (κ2) is 6.03. The van der Waals surface area contributed by atoms with Gasteiger partial charge in [-0.1, -0.05) is 36.3 Å². The predicted octanol–water partition coefficient (Wildman–Crippen LogP) is 2.67. The highest BCUT2D eigenvalue weighted by atomic mass is 15.4. The number of hydrogen-bond acceptors (Lipinski definition) is 3. The molecule has 0 bridgehead atoms. The van der Waals surface area contributed by atoms with E-state index < -0.39 is 0 Å². The number of rotatable bonds is 2. The molecule has 2 heterocycles. The van der Waals surface area contributed by atoms with E-state index in [1.165, 1.54) is 11.1 Å². The maximum absolute atomic E-state index is 4.44. The smallest absolute Gasteiger partial charge is 0.113 e. The lowest BCUT2D eigenvalue weighted by Crippen LogP contribution is -2.22. The Kier molecular flexibility index (Phi) is 3.75. The summed E-state index contributed by atoms with van der Waals surface area (Å²) in [6, 6.07) is 14.1. The van der Waals surface area contributed by atoms with Gasteiger partial charge in [-0.25, -0.2) is 4.98 Å². The first-order chi connectivity index (χ1) is 9.92. The summed E-state index contributed by atoms with van der Waals surface area (Å²) in [5, 5.41) is 6.49. The van der Waals surface area contributed by atoms with Gasteiger partial charge in [0, 0.05) is 19.2 Å². The Labute approximate surface area is 119 Å². The first-order valence-corrected chi connectivity index (χ1v) is 6.68. The summed E-state index contributed by atoms with van der Waals surface area (Å²) >= 11 is 0. The largest absolute Gasteiger partial charge is 0.292 e. The molecule has 0 unspecified atom stereocenters. The molecule has 1 aromatic heterocycles. The summed E-state index contributed by atoms with van der Waals surface area (Å²) in [4.78, 5) is 4.18. The van der Waals surface area contributed by atoms with E-state index in [-0.39, 0.29) is 0 Å². The molecule has 0 atom stereocenters. The zero-order valence-corrected chi connectivity index (χ0v) is 11.2. The molecular formula is C17H15N3. The van der Waals surface area contributed by atoms with E-state index in [1.54, 1.807) is 6.20 Å². The van der Waals surface area contributed by atoms with E-state index in [2.05, 4.69) is 45.1 Å². The van der Waals surface area contributed by atoms with E-state index in [0.717, 1.165) is 25.2 Å². The van der Waals surface area contributed by atoms with Gasteiger partial charge in [-0.05, 0) is 29.2 Å². The molecule has 0 radical (unpaired) electrons. The van der Waals surface area contributed by atoms with Crippen molar-refractivity contribution in [3.05, 3.63) is 65.5 Å². The molecule has 0 spiro atoms. The molecule has 0 N–H and O–H groups in total. The number of aromatic nitrogens is 1. The Morgan fingerprint density at radius 1 is 1.10 bits per heavy atom. The van der Waals surface area contributed by atoms with Crippen LogP contribution in [0.2, 0.25) is 0 Å². The average molecular weight is 261 g/mol. The molecule has 0 aliphatic carbocycles. The topological polar surface area (TPSA) is 28.5 Å². The van der Waals surface area contributed by atoms with Crippen molar-refractivity contribution in [2.75, 3.05) is 6.54 Å². The lowest BCUT2D eigenvalue weighted by molar-refractivity contribution is 0.284. The highest BCUT2D eigenvalue weighted by molar-refractivity contribution is 5.82. The van der Waals surface area contributed by atoms with Crippen LogP contribution in [0.4, 0.5) is 0 Å². The molecule has 3 nitrogen and oxygen atoms in total. The fourth-order valence-corrected chi connectivity index (χ4v) is 2.10. The molecule has 1 aromatic carbocycles. The van der Waals surface area contributed by atoms with Gasteiger partial charge < -0.3 is 0 Å². The van der Waals surface area contributed by atoms with E-state index in [1.807, 2.05) is 30.5 Å². The van der Waals surface area contributed by atoms with Crippen molar-refractivity contribution in [3.63, 3.8) is 0 Å². The highest BCUT2D eigenvalue weighted by Gasteiger charge is 2.09. The van der Waals surface area contributed by atoms with Crippen LogP contribution in [0.5, 0.6) is 0 Å². The van der Waals surface area contributed by atoms with Gasteiger partial charge in [-0.15, -0.1) is 0 Å². The molecule has 0 saturated carbocycles. The second-order valence-corrected chi connectivity index (χ2v) is 4.60. The zero-order chi connectivity index (χ0) is 13.6. The van der Waals surface area contributed by atoms with Crippen LogP contribution in [-0.2, 0) is 6.54 Å². The Balaban J connectivity index is 1.55. The van der Waals surface area contributed by atoms with Gasteiger partial charge >= 0.3 is 0 Å². The SMILES string of the molecule is C(#Cc1ccccn1)CCN1Cc2ccccc2C=N1. The van der Waals surface area contributed by atoms with Crippen LogP contribution in [0, 0.1) is 11.8 Å². The number of benzene rings is 1. The first-order valence-electron chi connectivity index (χ1n) is 6.68. The van der Waals surface area contributed by atoms with Crippen LogP contribution in [0.25, 0.3) is 0 Å². The molecule has 1 aliphatic heterocycles. The summed E-state index contributed by atoms with van der Waals surface area (Å²) in [6.45, 7) is 1.70. The predicted molar refractivity (Wildman–Crippen MR) is 80.2 cm³/mol. The lowest BCUT2D eigenvalue weighted by Gasteiger charge is -2.22. The Hall–Kier alpha value is -2.60. The van der Waals surface area contributed by atoms with Gasteiger partial charge in [0.15, 0.2) is 0 Å². The number of hydrazone groups is 1. The molecular weight excluding hydrogens is 246 g/mol. The van der Waals surface area contributed by atoms with Gasteiger partial charge in [-0.3, -0.25) is 5.01 Å². The maximum atomic E-state index is 4.44. The first kappa shape index (κ1) is 12.4. The van der Waals surface area contributed by atoms with Crippen molar-refractivity contribution >= 4 is 6.21 Å². The lowest BCUT2D eigenvalue weighted by atomic mass is 10.1. The third-order valence-electron chi connectivity index (χ3n) is 3.14. The van der Waals surface area contributed by atoms with Crippen molar-refractivity contribution in [2.45, 2.75) is 13.0 Å². The number of nitrogens with zero attached hydrogens (tertiary/aromatic N) is 3. The van der Waals surface area contributed by atoms with Crippen LogP contribution < -0.4 is 0 Å². The van der Waals surface area contributed by atoms with E-state index in [0.29, 0.717) is 0 Å². The summed E-state index contributed by atoms with van der Waals surface area (Å²) < 4.78 is 0. The van der Waals surface area contributed by atoms with E-state index >= 15 is 0 Å². The number of pyridine rings is 1. The fraction of sp³-hybridized carbons (Fsp3) is 0.176. The molecule has 98 valence electrons. The molecule has 3 rings (SSSR count). The van der Waals surface area contributed by atoms with Crippen molar-refractivity contribution < 1.29 is 0 Å². The Morgan fingerprint density at radius 3 is 2.90 bits per heavy atom. The average Bonchev–Trinajstić information content (AvgIpc) is 2.52. The van der Waals surface area contributed by atoms with Gasteiger partial charge in [0.05, 0.1) is 12.8 Å². The van der Waals surface area contributed by atoms with Crippen LogP contribution >= 0.6 is 0 Å². The fourth-order valence-electron chi connectivity index (χ4n) is 2.10. The zero-order valence-electron chi connectivity index (χ0n) is 11.2. The second-order valence-electron chi connectivity index (χ2n) is 4.60. The summed E-state index contributed by atoms with van der Waals surface area (Å²) in [6.07, 6.45) is 4.47. The van der Waals surface area contributed by atoms with Gasteiger partial charge in [0.1, 0.15) is 5.69 Å². The quantitative estimate of drug-likeness (QED) is 0.778. The number of hydrogen-bond donors (Lipinski definition) is 0. The van der Waals surface area contributed by atoms with Crippen molar-refractivity contribution in [3.8, 4) is 11.8 Å². The normalized spacial score (nSPS) is 12.5. The minimum absolute atomic E-state index is 0.788. The summed E-state index contributed by atoms with van der Waals surface area (Å²) in [5.41, 5.74) is 3.35. The molecule has 2 aromatic rings. The molecule has 0 fully saturated rings. The monoisotopic (exact) mass is 261 g/mol. The Morgan fingerprint density at radius 2 is 2.00 bits per heavy atom. The van der Waals surface area contributed by atoms with Crippen LogP contribution in [0.3, 0.4) is 0 Å². The van der Waals surface area contributed by atoms with Crippen LogP contribution in [-0.4, -0.2) is 22.8 Å². The van der Waals surface area contributed by atoms with Gasteiger partial charge in [0.2, 0.25) is 0 Å². The minimum atomic E-state index is 0.788. The van der Waals surface area contributed by atoms with Crippen molar-refractivity contribution in [1.82, 2.24) is 9.99 Å². The summed E-state index contributed by atoms with van der Waals surface area (Å²) in [7, 11) is 0. The molecule has 20 heavy (non-hydrogen) atoms. The maximum Gasteiger partial charge on any atom is 0.113 e. The minimum Gasteiger partial charge on any atom is -0.292 e. The van der Waals surface area contributed by atoms with Crippen LogP contribution in [0.1, 0.15) is 23.2 Å². The van der Waals surface area contributed by atoms with Crippen molar-refractivity contribution in [1.29, 1.82) is 0 Å². The van der Waals surface area contributed by atoms with Crippen molar-refractivity contribution in [2.24, 2.45) is 5.10 Å². The Bertz CT molecular complexity index is 665. The number of fused-ring (bicyclic) bond motifs is 1.